The van der Waals surface area contributed by atoms with Crippen molar-refractivity contribution in [1.29, 1.82) is 0 Å². The first-order valence-electron chi connectivity index (χ1n) is 6.99. The summed E-state index contributed by atoms with van der Waals surface area (Å²) in [4.78, 5) is 23.7. The average molecular weight is 280 g/mol. The van der Waals surface area contributed by atoms with E-state index in [-0.39, 0.29) is 17.8 Å². The normalized spacial score (nSPS) is 17.4. The molecule has 110 valence electrons. The Hall–Kier alpha value is -1.99. The Morgan fingerprint density at radius 2 is 2.10 bits per heavy atom. The quantitative estimate of drug-likeness (QED) is 0.731. The van der Waals surface area contributed by atoms with Crippen LogP contribution in [0.25, 0.3) is 0 Å². The number of nitrogens with one attached hydrogen (secondary N) is 3. The van der Waals surface area contributed by atoms with Crippen LogP contribution in [-0.4, -0.2) is 38.5 Å². The molecular formula is C12H20N6O2. The van der Waals surface area contributed by atoms with E-state index in [2.05, 4.69) is 31.3 Å². The predicted octanol–water partition coefficient (Wildman–Crippen LogP) is 0.613. The summed E-state index contributed by atoms with van der Waals surface area (Å²) < 4.78 is 0. The van der Waals surface area contributed by atoms with Gasteiger partial charge in [0.1, 0.15) is 6.04 Å². The number of carbonyl (C=O) groups excluding carboxylic acids is 2. The van der Waals surface area contributed by atoms with Crippen LogP contribution in [-0.2, 0) is 9.59 Å². The second-order valence-corrected chi connectivity index (χ2v) is 5.22. The highest BCUT2D eigenvalue weighted by molar-refractivity contribution is 5.95. The van der Waals surface area contributed by atoms with Crippen molar-refractivity contribution in [2.45, 2.75) is 51.5 Å². The molecule has 3 N–H and O–H groups in total. The molecular weight excluding hydrogens is 260 g/mol. The molecule has 0 unspecified atom stereocenters. The van der Waals surface area contributed by atoms with Gasteiger partial charge in [-0.2, -0.15) is 5.21 Å². The number of nitrogens with zero attached hydrogens (tertiary/aromatic N) is 3. The van der Waals surface area contributed by atoms with Crippen molar-refractivity contribution in [3.05, 3.63) is 0 Å². The highest BCUT2D eigenvalue weighted by Gasteiger charge is 2.21. The minimum absolute atomic E-state index is 0.0762. The second kappa shape index (κ2) is 6.97. The molecule has 1 saturated carbocycles. The summed E-state index contributed by atoms with van der Waals surface area (Å²) in [7, 11) is 0. The smallest absolute Gasteiger partial charge is 0.269 e. The number of hydrogen-bond acceptors (Lipinski definition) is 5. The SMILES string of the molecule is C[C@@H](NC(=O)CC1CCCCC1)C(=O)Nc1nn[nH]n1. The lowest BCUT2D eigenvalue weighted by Crippen LogP contribution is -2.42. The number of anilines is 1. The van der Waals surface area contributed by atoms with Gasteiger partial charge < -0.3 is 5.32 Å². The van der Waals surface area contributed by atoms with Crippen LogP contribution < -0.4 is 10.6 Å². The molecule has 2 amide bonds. The van der Waals surface area contributed by atoms with Gasteiger partial charge in [0.2, 0.25) is 11.8 Å². The summed E-state index contributed by atoms with van der Waals surface area (Å²) in [5.74, 6) is 0.121. The maximum Gasteiger partial charge on any atom is 0.269 e. The number of tetrazole rings is 1. The zero-order chi connectivity index (χ0) is 14.4. The molecule has 0 radical (unpaired) electrons. The molecule has 8 nitrogen and oxygen atoms in total. The fourth-order valence-electron chi connectivity index (χ4n) is 2.45. The molecule has 20 heavy (non-hydrogen) atoms. The average Bonchev–Trinajstić information content (AvgIpc) is 2.92. The van der Waals surface area contributed by atoms with E-state index in [4.69, 9.17) is 0 Å². The van der Waals surface area contributed by atoms with Gasteiger partial charge in [0, 0.05) is 6.42 Å². The Morgan fingerprint density at radius 1 is 1.35 bits per heavy atom. The number of H-pyrrole nitrogens is 1. The van der Waals surface area contributed by atoms with Crippen molar-refractivity contribution in [2.24, 2.45) is 5.92 Å². The van der Waals surface area contributed by atoms with E-state index in [1.807, 2.05) is 0 Å². The molecule has 1 aliphatic carbocycles. The van der Waals surface area contributed by atoms with Gasteiger partial charge in [-0.25, -0.2) is 0 Å². The van der Waals surface area contributed by atoms with Gasteiger partial charge in [0.15, 0.2) is 0 Å². The van der Waals surface area contributed by atoms with Crippen LogP contribution in [0, 0.1) is 5.92 Å². The third-order valence-electron chi connectivity index (χ3n) is 3.55. The zero-order valence-electron chi connectivity index (χ0n) is 11.6. The molecule has 1 aromatic heterocycles. The van der Waals surface area contributed by atoms with E-state index in [9.17, 15) is 9.59 Å². The molecule has 1 aromatic rings. The third kappa shape index (κ3) is 4.29. The van der Waals surface area contributed by atoms with Crippen LogP contribution in [0.1, 0.15) is 45.4 Å². The minimum atomic E-state index is -0.621. The molecule has 2 rings (SSSR count). The van der Waals surface area contributed by atoms with Crippen molar-refractivity contribution >= 4 is 17.8 Å². The molecule has 1 atom stereocenters. The molecule has 0 spiro atoms. The first-order chi connectivity index (χ1) is 9.65. The highest BCUT2D eigenvalue weighted by Crippen LogP contribution is 2.26. The second-order valence-electron chi connectivity index (χ2n) is 5.22. The van der Waals surface area contributed by atoms with Crippen LogP contribution in [0.2, 0.25) is 0 Å². The van der Waals surface area contributed by atoms with Crippen molar-refractivity contribution in [2.75, 3.05) is 5.32 Å². The largest absolute Gasteiger partial charge is 0.345 e. The van der Waals surface area contributed by atoms with E-state index in [0.29, 0.717) is 12.3 Å². The highest BCUT2D eigenvalue weighted by atomic mass is 16.2. The summed E-state index contributed by atoms with van der Waals surface area (Å²) in [5, 5.41) is 18.0. The fourth-order valence-corrected chi connectivity index (χ4v) is 2.45. The van der Waals surface area contributed by atoms with E-state index in [0.717, 1.165) is 12.8 Å². The number of amides is 2. The van der Waals surface area contributed by atoms with E-state index in [1.165, 1.54) is 19.3 Å². The summed E-state index contributed by atoms with van der Waals surface area (Å²) in [5.41, 5.74) is 0. The van der Waals surface area contributed by atoms with Gasteiger partial charge in [0.25, 0.3) is 5.95 Å². The summed E-state index contributed by atoms with van der Waals surface area (Å²) in [6, 6.07) is -0.621. The Labute approximate surface area is 117 Å². The number of rotatable bonds is 5. The predicted molar refractivity (Wildman–Crippen MR) is 71.6 cm³/mol. The van der Waals surface area contributed by atoms with Gasteiger partial charge in [-0.05, 0) is 30.9 Å². The van der Waals surface area contributed by atoms with Crippen LogP contribution in [0.15, 0.2) is 0 Å². The van der Waals surface area contributed by atoms with Gasteiger partial charge in [-0.1, -0.05) is 24.4 Å². The van der Waals surface area contributed by atoms with E-state index in [1.54, 1.807) is 6.92 Å². The Kier molecular flexibility index (Phi) is 5.03. The molecule has 1 heterocycles. The molecule has 0 bridgehead atoms. The van der Waals surface area contributed by atoms with Crippen molar-refractivity contribution in [3.8, 4) is 0 Å². The van der Waals surface area contributed by atoms with Crippen LogP contribution in [0.3, 0.4) is 0 Å². The fraction of sp³-hybridized carbons (Fsp3) is 0.750. The van der Waals surface area contributed by atoms with Gasteiger partial charge in [0.05, 0.1) is 0 Å². The molecule has 8 heteroatoms. The Bertz CT molecular complexity index is 441. The van der Waals surface area contributed by atoms with Crippen LogP contribution >= 0.6 is 0 Å². The van der Waals surface area contributed by atoms with Crippen molar-refractivity contribution in [1.82, 2.24) is 25.9 Å². The number of carbonyl (C=O) groups is 2. The molecule has 0 aromatic carbocycles. The maximum atomic E-state index is 11.9. The summed E-state index contributed by atoms with van der Waals surface area (Å²) >= 11 is 0. The summed E-state index contributed by atoms with van der Waals surface area (Å²) in [6.45, 7) is 1.63. The first kappa shape index (κ1) is 14.4. The minimum Gasteiger partial charge on any atom is -0.345 e. The van der Waals surface area contributed by atoms with Gasteiger partial charge in [-0.15, -0.1) is 5.10 Å². The van der Waals surface area contributed by atoms with E-state index >= 15 is 0 Å². The zero-order valence-corrected chi connectivity index (χ0v) is 11.6. The van der Waals surface area contributed by atoms with Crippen LogP contribution in [0.5, 0.6) is 0 Å². The van der Waals surface area contributed by atoms with Crippen molar-refractivity contribution in [3.63, 3.8) is 0 Å². The Balaban J connectivity index is 1.73. The lowest BCUT2D eigenvalue weighted by molar-refractivity contribution is -0.127. The monoisotopic (exact) mass is 280 g/mol. The van der Waals surface area contributed by atoms with Gasteiger partial charge >= 0.3 is 0 Å². The first-order valence-corrected chi connectivity index (χ1v) is 6.99. The van der Waals surface area contributed by atoms with Crippen molar-refractivity contribution < 1.29 is 9.59 Å². The summed E-state index contributed by atoms with van der Waals surface area (Å²) in [6.07, 6.45) is 6.38. The third-order valence-corrected chi connectivity index (χ3v) is 3.55. The molecule has 1 fully saturated rings. The standard InChI is InChI=1S/C12H20N6O2/c1-8(11(20)14-12-15-17-18-16-12)13-10(19)7-9-5-3-2-4-6-9/h8-9H,2-7H2,1H3,(H,13,19)(H2,14,15,16,17,18,20)/t8-/m1/s1. The number of hydrogen-bond donors (Lipinski definition) is 3. The molecule has 0 saturated heterocycles. The van der Waals surface area contributed by atoms with Gasteiger partial charge in [-0.3, -0.25) is 14.9 Å². The van der Waals surface area contributed by atoms with E-state index < -0.39 is 6.04 Å². The topological polar surface area (TPSA) is 113 Å². The number of aromatic nitrogens is 4. The maximum absolute atomic E-state index is 11.9. The lowest BCUT2D eigenvalue weighted by atomic mass is 9.87. The Morgan fingerprint density at radius 3 is 2.75 bits per heavy atom. The lowest BCUT2D eigenvalue weighted by Gasteiger charge is -2.21. The number of aromatic amines is 1. The molecule has 1 aliphatic rings. The van der Waals surface area contributed by atoms with Crippen LogP contribution in [0.4, 0.5) is 5.95 Å². The molecule has 0 aliphatic heterocycles.